The molecule has 0 aliphatic carbocycles. The van der Waals surface area contributed by atoms with Crippen LogP contribution in [0.5, 0.6) is 0 Å². The van der Waals surface area contributed by atoms with Gasteiger partial charge in [0.05, 0.1) is 0 Å². The highest BCUT2D eigenvalue weighted by atomic mass is 16.5. The van der Waals surface area contributed by atoms with E-state index in [-0.39, 0.29) is 6.03 Å². The van der Waals surface area contributed by atoms with Gasteiger partial charge in [-0.3, -0.25) is 5.32 Å². The molecule has 2 rings (SSSR count). The van der Waals surface area contributed by atoms with E-state index in [0.29, 0.717) is 5.82 Å². The lowest BCUT2D eigenvalue weighted by Gasteiger charge is -2.14. The Morgan fingerprint density at radius 1 is 1.54 bits per heavy atom. The zero-order valence-corrected chi connectivity index (χ0v) is 7.19. The Hall–Kier alpha value is -1.52. The minimum atomic E-state index is -0.0913. The van der Waals surface area contributed by atoms with Gasteiger partial charge in [0.1, 0.15) is 6.26 Å². The molecule has 0 atom stereocenters. The van der Waals surface area contributed by atoms with Crippen molar-refractivity contribution in [2.24, 2.45) is 0 Å². The second-order valence-electron chi connectivity index (χ2n) is 3.01. The standard InChI is InChI=1S/C8H11N3O2/c12-8(11-4-1-2-5-11)9-7-3-6-13-10-7/h3,6H,1-2,4-5H2,(H,9,10,12). The van der Waals surface area contributed by atoms with Crippen molar-refractivity contribution in [3.05, 3.63) is 12.3 Å². The van der Waals surface area contributed by atoms with Gasteiger partial charge in [-0.05, 0) is 12.8 Å². The predicted octanol–water partition coefficient (Wildman–Crippen LogP) is 1.30. The van der Waals surface area contributed by atoms with Gasteiger partial charge in [-0.25, -0.2) is 4.79 Å². The van der Waals surface area contributed by atoms with E-state index < -0.39 is 0 Å². The van der Waals surface area contributed by atoms with Crippen LogP contribution in [0.1, 0.15) is 12.8 Å². The molecular weight excluding hydrogens is 170 g/mol. The van der Waals surface area contributed by atoms with Crippen LogP contribution >= 0.6 is 0 Å². The lowest BCUT2D eigenvalue weighted by Crippen LogP contribution is -2.32. The summed E-state index contributed by atoms with van der Waals surface area (Å²) < 4.78 is 4.59. The van der Waals surface area contributed by atoms with Crippen LogP contribution in [0.2, 0.25) is 0 Å². The lowest BCUT2D eigenvalue weighted by molar-refractivity contribution is 0.222. The third-order valence-electron chi connectivity index (χ3n) is 2.07. The van der Waals surface area contributed by atoms with E-state index in [2.05, 4.69) is 15.0 Å². The molecule has 0 radical (unpaired) electrons. The van der Waals surface area contributed by atoms with Gasteiger partial charge in [-0.1, -0.05) is 5.16 Å². The van der Waals surface area contributed by atoms with Gasteiger partial charge in [0, 0.05) is 19.2 Å². The number of amides is 2. The highest BCUT2D eigenvalue weighted by molar-refractivity contribution is 5.88. The van der Waals surface area contributed by atoms with Crippen LogP contribution in [0.25, 0.3) is 0 Å². The van der Waals surface area contributed by atoms with Crippen molar-refractivity contribution in [1.82, 2.24) is 10.1 Å². The van der Waals surface area contributed by atoms with Crippen LogP contribution in [0.3, 0.4) is 0 Å². The van der Waals surface area contributed by atoms with Gasteiger partial charge < -0.3 is 9.42 Å². The van der Waals surface area contributed by atoms with Crippen molar-refractivity contribution in [2.75, 3.05) is 18.4 Å². The fraction of sp³-hybridized carbons (Fsp3) is 0.500. The van der Waals surface area contributed by atoms with Gasteiger partial charge in [0.2, 0.25) is 0 Å². The van der Waals surface area contributed by atoms with Crippen LogP contribution in [-0.4, -0.2) is 29.2 Å². The SMILES string of the molecule is O=C(Nc1ccon1)N1CCCC1. The van der Waals surface area contributed by atoms with E-state index in [1.165, 1.54) is 6.26 Å². The highest BCUT2D eigenvalue weighted by Gasteiger charge is 2.18. The Bertz CT molecular complexity index is 278. The number of carbonyl (C=O) groups is 1. The minimum absolute atomic E-state index is 0.0913. The molecule has 1 aromatic heterocycles. The molecule has 5 heteroatoms. The number of rotatable bonds is 1. The fourth-order valence-electron chi connectivity index (χ4n) is 1.39. The molecular formula is C8H11N3O2. The third kappa shape index (κ3) is 1.80. The maximum Gasteiger partial charge on any atom is 0.323 e. The summed E-state index contributed by atoms with van der Waals surface area (Å²) in [6, 6.07) is 1.53. The summed E-state index contributed by atoms with van der Waals surface area (Å²) in [5.74, 6) is 0.469. The van der Waals surface area contributed by atoms with Crippen molar-refractivity contribution in [3.63, 3.8) is 0 Å². The first-order valence-electron chi connectivity index (χ1n) is 4.32. The highest BCUT2D eigenvalue weighted by Crippen LogP contribution is 2.10. The number of nitrogens with zero attached hydrogens (tertiary/aromatic N) is 2. The van der Waals surface area contributed by atoms with E-state index in [0.717, 1.165) is 25.9 Å². The number of anilines is 1. The molecule has 0 aromatic carbocycles. The molecule has 2 amide bonds. The van der Waals surface area contributed by atoms with Crippen LogP contribution < -0.4 is 5.32 Å². The zero-order chi connectivity index (χ0) is 9.10. The lowest BCUT2D eigenvalue weighted by atomic mass is 10.4. The molecule has 1 aliphatic heterocycles. The monoisotopic (exact) mass is 181 g/mol. The molecule has 1 aliphatic rings. The number of carbonyl (C=O) groups excluding carboxylic acids is 1. The molecule has 1 N–H and O–H groups in total. The Kier molecular flexibility index (Phi) is 2.16. The summed E-state index contributed by atoms with van der Waals surface area (Å²) in [4.78, 5) is 13.2. The van der Waals surface area contributed by atoms with Crippen LogP contribution in [0, 0.1) is 0 Å². The summed E-state index contributed by atoms with van der Waals surface area (Å²) in [7, 11) is 0. The normalized spacial score (nSPS) is 16.2. The quantitative estimate of drug-likeness (QED) is 0.710. The van der Waals surface area contributed by atoms with E-state index in [1.54, 1.807) is 11.0 Å². The van der Waals surface area contributed by atoms with E-state index in [1.807, 2.05) is 0 Å². The Morgan fingerprint density at radius 2 is 2.31 bits per heavy atom. The van der Waals surface area contributed by atoms with Gasteiger partial charge in [0.15, 0.2) is 5.82 Å². The summed E-state index contributed by atoms with van der Waals surface area (Å²) in [6.07, 6.45) is 3.61. The van der Waals surface area contributed by atoms with Crippen molar-refractivity contribution in [2.45, 2.75) is 12.8 Å². The summed E-state index contributed by atoms with van der Waals surface area (Å²) in [5.41, 5.74) is 0. The van der Waals surface area contributed by atoms with Gasteiger partial charge in [-0.15, -0.1) is 0 Å². The molecule has 1 aromatic rings. The van der Waals surface area contributed by atoms with Crippen molar-refractivity contribution in [1.29, 1.82) is 0 Å². The van der Waals surface area contributed by atoms with E-state index in [4.69, 9.17) is 0 Å². The third-order valence-corrected chi connectivity index (χ3v) is 2.07. The zero-order valence-electron chi connectivity index (χ0n) is 7.19. The summed E-state index contributed by atoms with van der Waals surface area (Å²) in [5, 5.41) is 6.24. The molecule has 1 fully saturated rings. The maximum absolute atomic E-state index is 11.4. The van der Waals surface area contributed by atoms with E-state index >= 15 is 0 Å². The molecule has 5 nitrogen and oxygen atoms in total. The summed E-state index contributed by atoms with van der Waals surface area (Å²) >= 11 is 0. The first-order valence-corrected chi connectivity index (χ1v) is 4.32. The Balaban J connectivity index is 1.91. The van der Waals surface area contributed by atoms with Crippen molar-refractivity contribution >= 4 is 11.8 Å². The minimum Gasteiger partial charge on any atom is -0.363 e. The first-order chi connectivity index (χ1) is 6.36. The molecule has 0 unspecified atom stereocenters. The molecule has 0 spiro atoms. The topological polar surface area (TPSA) is 58.4 Å². The molecule has 0 saturated carbocycles. The average molecular weight is 181 g/mol. The first kappa shape index (κ1) is 8.10. The smallest absolute Gasteiger partial charge is 0.323 e. The second kappa shape index (κ2) is 3.47. The summed E-state index contributed by atoms with van der Waals surface area (Å²) in [6.45, 7) is 1.67. The molecule has 0 bridgehead atoms. The second-order valence-corrected chi connectivity index (χ2v) is 3.01. The van der Waals surface area contributed by atoms with Crippen molar-refractivity contribution < 1.29 is 9.32 Å². The van der Waals surface area contributed by atoms with Gasteiger partial charge in [-0.2, -0.15) is 0 Å². The van der Waals surface area contributed by atoms with Crippen LogP contribution in [0.4, 0.5) is 10.6 Å². The Labute approximate surface area is 75.7 Å². The Morgan fingerprint density at radius 3 is 2.92 bits per heavy atom. The molecule has 70 valence electrons. The van der Waals surface area contributed by atoms with Crippen LogP contribution in [0.15, 0.2) is 16.9 Å². The number of hydrogen-bond donors (Lipinski definition) is 1. The molecule has 1 saturated heterocycles. The van der Waals surface area contributed by atoms with Gasteiger partial charge >= 0.3 is 6.03 Å². The predicted molar refractivity (Wildman–Crippen MR) is 46.3 cm³/mol. The number of nitrogens with one attached hydrogen (secondary N) is 1. The number of urea groups is 1. The number of likely N-dealkylation sites (tertiary alicyclic amines) is 1. The van der Waals surface area contributed by atoms with Gasteiger partial charge in [0.25, 0.3) is 0 Å². The maximum atomic E-state index is 11.4. The van der Waals surface area contributed by atoms with Crippen molar-refractivity contribution in [3.8, 4) is 0 Å². The largest absolute Gasteiger partial charge is 0.363 e. The average Bonchev–Trinajstić information content (AvgIpc) is 2.74. The van der Waals surface area contributed by atoms with Crippen LogP contribution in [-0.2, 0) is 0 Å². The molecule has 2 heterocycles. The fourth-order valence-corrected chi connectivity index (χ4v) is 1.39. The van der Waals surface area contributed by atoms with E-state index in [9.17, 15) is 4.79 Å². The molecule has 13 heavy (non-hydrogen) atoms. The number of aromatic nitrogens is 1. The number of hydrogen-bond acceptors (Lipinski definition) is 3.